The summed E-state index contributed by atoms with van der Waals surface area (Å²) in [6, 6.07) is 4.90. The molecule has 1 aromatic rings. The highest BCUT2D eigenvalue weighted by atomic mass is 19.1. The molecule has 1 saturated heterocycles. The molecule has 0 saturated carbocycles. The van der Waals surface area contributed by atoms with Crippen molar-refractivity contribution in [1.82, 2.24) is 10.6 Å². The van der Waals surface area contributed by atoms with Crippen molar-refractivity contribution < 1.29 is 54.1 Å². The Kier molecular flexibility index (Phi) is 27.4. The van der Waals surface area contributed by atoms with E-state index in [9.17, 15) is 44.6 Å². The Balaban J connectivity index is 1.68. The summed E-state index contributed by atoms with van der Waals surface area (Å²) in [5.74, 6) is -1.23. The van der Waals surface area contributed by atoms with Crippen molar-refractivity contribution in [2.24, 2.45) is 0 Å². The van der Waals surface area contributed by atoms with Crippen molar-refractivity contribution in [2.75, 3.05) is 19.8 Å². The smallest absolute Gasteiger partial charge is 0.254 e. The lowest BCUT2D eigenvalue weighted by Crippen LogP contribution is -2.60. The highest BCUT2D eigenvalue weighted by Crippen LogP contribution is 2.23. The molecule has 8 N–H and O–H groups in total. The van der Waals surface area contributed by atoms with Gasteiger partial charge in [-0.15, -0.1) is 0 Å². The number of carbonyl (C=O) groups excluding carboxylic acids is 2. The zero-order valence-electron chi connectivity index (χ0n) is 34.0. The summed E-state index contributed by atoms with van der Waals surface area (Å²) >= 11 is 0. The van der Waals surface area contributed by atoms with Crippen LogP contribution in [0.1, 0.15) is 165 Å². The number of amides is 2. The summed E-state index contributed by atoms with van der Waals surface area (Å²) in [4.78, 5) is 25.1. The molecule has 1 fully saturated rings. The van der Waals surface area contributed by atoms with Crippen molar-refractivity contribution in [3.8, 4) is 0 Å². The van der Waals surface area contributed by atoms with Crippen LogP contribution in [-0.4, -0.2) is 111 Å². The number of benzene rings is 1. The number of nitrogens with one attached hydrogen (secondary N) is 2. The van der Waals surface area contributed by atoms with E-state index in [4.69, 9.17) is 9.47 Å². The maximum absolute atomic E-state index is 13.7. The number of aliphatic hydroxyl groups excluding tert-OH is 6. The molecule has 0 aliphatic carbocycles. The van der Waals surface area contributed by atoms with Crippen LogP contribution < -0.4 is 10.6 Å². The van der Waals surface area contributed by atoms with Gasteiger partial charge in [0.05, 0.1) is 30.9 Å². The molecule has 324 valence electrons. The van der Waals surface area contributed by atoms with Gasteiger partial charge < -0.3 is 50.7 Å². The van der Waals surface area contributed by atoms with E-state index in [0.29, 0.717) is 19.4 Å². The van der Waals surface area contributed by atoms with Crippen LogP contribution in [0.3, 0.4) is 0 Å². The van der Waals surface area contributed by atoms with E-state index in [0.717, 1.165) is 77.0 Å². The summed E-state index contributed by atoms with van der Waals surface area (Å²) in [5.41, 5.74) is 0.0576. The molecule has 8 atom stereocenters. The summed E-state index contributed by atoms with van der Waals surface area (Å²) in [7, 11) is 0. The molecule has 0 spiro atoms. The van der Waals surface area contributed by atoms with Crippen LogP contribution in [0.15, 0.2) is 24.3 Å². The molecule has 3 unspecified atom stereocenters. The van der Waals surface area contributed by atoms with Gasteiger partial charge in [-0.25, -0.2) is 4.39 Å². The maximum atomic E-state index is 13.7. The molecule has 2 rings (SSSR count). The number of ether oxygens (including phenoxy) is 2. The van der Waals surface area contributed by atoms with Crippen molar-refractivity contribution >= 4 is 11.8 Å². The Morgan fingerprint density at radius 1 is 0.750 bits per heavy atom. The van der Waals surface area contributed by atoms with Crippen LogP contribution in [0.25, 0.3) is 0 Å². The lowest BCUT2D eigenvalue weighted by molar-refractivity contribution is -0.303. The average Bonchev–Trinajstić information content (AvgIpc) is 3.19. The first-order valence-electron chi connectivity index (χ1n) is 21.7. The number of unbranched alkanes of at least 4 members (excludes halogenated alkanes) is 19. The average molecular weight is 799 g/mol. The van der Waals surface area contributed by atoms with Gasteiger partial charge in [-0.2, -0.15) is 0 Å². The molecule has 1 aliphatic rings. The first-order chi connectivity index (χ1) is 27.1. The lowest BCUT2D eigenvalue weighted by atomic mass is 9.98. The topological polar surface area (TPSA) is 198 Å². The molecule has 0 bridgehead atoms. The van der Waals surface area contributed by atoms with Gasteiger partial charge in [-0.3, -0.25) is 9.59 Å². The molecule has 0 radical (unpaired) electrons. The summed E-state index contributed by atoms with van der Waals surface area (Å²) in [5, 5.41) is 67.7. The molecule has 1 aromatic carbocycles. The van der Waals surface area contributed by atoms with Gasteiger partial charge in [0.15, 0.2) is 6.29 Å². The number of rotatable bonds is 33. The summed E-state index contributed by atoms with van der Waals surface area (Å²) < 4.78 is 24.8. The molecular weight excluding hydrogens is 723 g/mol. The fourth-order valence-electron chi connectivity index (χ4n) is 7.13. The zero-order chi connectivity index (χ0) is 41.0. The molecule has 2 amide bonds. The van der Waals surface area contributed by atoms with Gasteiger partial charge in [0, 0.05) is 13.0 Å². The van der Waals surface area contributed by atoms with Gasteiger partial charge in [0.2, 0.25) is 5.91 Å². The van der Waals surface area contributed by atoms with Crippen LogP contribution >= 0.6 is 0 Å². The first kappa shape index (κ1) is 49.9. The highest BCUT2D eigenvalue weighted by molar-refractivity contribution is 5.94. The second kappa shape index (κ2) is 30.8. The number of aliphatic hydroxyl groups is 6. The van der Waals surface area contributed by atoms with Gasteiger partial charge >= 0.3 is 0 Å². The fraction of sp³-hybridized carbons (Fsp3) is 0.814. The van der Waals surface area contributed by atoms with E-state index in [1.807, 2.05) is 0 Å². The van der Waals surface area contributed by atoms with Crippen LogP contribution in [0, 0.1) is 5.82 Å². The minimum absolute atomic E-state index is 0.0576. The molecule has 13 heteroatoms. The predicted molar refractivity (Wildman–Crippen MR) is 214 cm³/mol. The Morgan fingerprint density at radius 2 is 1.29 bits per heavy atom. The van der Waals surface area contributed by atoms with E-state index in [2.05, 4.69) is 17.6 Å². The summed E-state index contributed by atoms with van der Waals surface area (Å²) in [6.45, 7) is 1.77. The largest absolute Gasteiger partial charge is 0.394 e. The lowest BCUT2D eigenvalue weighted by Gasteiger charge is -2.40. The minimum atomic E-state index is -1.63. The van der Waals surface area contributed by atoms with E-state index in [-0.39, 0.29) is 24.5 Å². The normalized spacial score (nSPS) is 21.4. The molecule has 0 aromatic heterocycles. The fourth-order valence-corrected chi connectivity index (χ4v) is 7.13. The Morgan fingerprint density at radius 3 is 1.86 bits per heavy atom. The molecule has 1 aliphatic heterocycles. The van der Waals surface area contributed by atoms with Crippen molar-refractivity contribution in [1.29, 1.82) is 0 Å². The monoisotopic (exact) mass is 799 g/mol. The number of halogens is 1. The van der Waals surface area contributed by atoms with Crippen LogP contribution in [-0.2, 0) is 14.3 Å². The highest BCUT2D eigenvalue weighted by Gasteiger charge is 2.44. The van der Waals surface area contributed by atoms with Gasteiger partial charge in [0.25, 0.3) is 5.91 Å². The van der Waals surface area contributed by atoms with Gasteiger partial charge in [-0.05, 0) is 31.4 Å². The zero-order valence-corrected chi connectivity index (χ0v) is 34.0. The van der Waals surface area contributed by atoms with Crippen LogP contribution in [0.2, 0.25) is 0 Å². The van der Waals surface area contributed by atoms with E-state index in [1.54, 1.807) is 12.1 Å². The van der Waals surface area contributed by atoms with E-state index >= 15 is 0 Å². The third kappa shape index (κ3) is 20.5. The molecule has 56 heavy (non-hydrogen) atoms. The van der Waals surface area contributed by atoms with E-state index < -0.39 is 67.3 Å². The third-order valence-electron chi connectivity index (χ3n) is 10.8. The number of hydrogen-bond acceptors (Lipinski definition) is 10. The standard InChI is InChI=1S/C43H75FN2O10/c1-2-3-4-5-6-7-8-9-11-14-17-20-27-35(48)38(50)34(31-55-43-41(53)40(52)39(51)36(30-47)56-43)46-37(49)28-21-18-15-12-10-13-16-19-24-29-45-42(54)32-25-22-23-26-33(32)44/h22-23,25-26,34-36,38-41,43,47-48,50-53H,2-21,24,27-31H2,1H3,(H,45,54)(H,46,49)/t34?,35?,36-,38?,39+,40+,41-,43+/m1/s1. The van der Waals surface area contributed by atoms with Crippen molar-refractivity contribution in [2.45, 2.75) is 204 Å². The minimum Gasteiger partial charge on any atom is -0.394 e. The predicted octanol–water partition coefficient (Wildman–Crippen LogP) is 5.57. The number of hydrogen-bond donors (Lipinski definition) is 8. The Labute approximate surface area is 335 Å². The van der Waals surface area contributed by atoms with Crippen molar-refractivity contribution in [3.63, 3.8) is 0 Å². The first-order valence-corrected chi connectivity index (χ1v) is 21.7. The third-order valence-corrected chi connectivity index (χ3v) is 10.8. The van der Waals surface area contributed by atoms with Crippen LogP contribution in [0.5, 0.6) is 0 Å². The molecular formula is C43H75FN2O10. The second-order valence-electron chi connectivity index (χ2n) is 15.6. The van der Waals surface area contributed by atoms with Gasteiger partial charge in [0.1, 0.15) is 36.3 Å². The van der Waals surface area contributed by atoms with E-state index in [1.165, 1.54) is 63.5 Å². The molecule has 12 nitrogen and oxygen atoms in total. The van der Waals surface area contributed by atoms with Crippen LogP contribution in [0.4, 0.5) is 4.39 Å². The van der Waals surface area contributed by atoms with Gasteiger partial charge in [-0.1, -0.05) is 141 Å². The number of carbonyl (C=O) groups is 2. The Hall–Kier alpha value is -2.23. The maximum Gasteiger partial charge on any atom is 0.254 e. The quantitative estimate of drug-likeness (QED) is 0.0416. The summed E-state index contributed by atoms with van der Waals surface area (Å²) in [6.07, 6.45) is 13.2. The SMILES string of the molecule is CCCCCCCCCCCCCCC(O)C(O)C(CO[C@H]1O[C@H](CO)[C@H](O)[C@H](O)[C@H]1O)NC(=O)CCCCCCCCCCCNC(=O)c1ccccc1F. The van der Waals surface area contributed by atoms with Crippen molar-refractivity contribution in [3.05, 3.63) is 35.6 Å². The Bertz CT molecular complexity index is 1160. The second-order valence-corrected chi connectivity index (χ2v) is 15.6. The molecule has 1 heterocycles.